The van der Waals surface area contributed by atoms with Crippen LogP contribution in [0.3, 0.4) is 0 Å². The number of hydrogen-bond acceptors (Lipinski definition) is 2. The van der Waals surface area contributed by atoms with Gasteiger partial charge < -0.3 is 11.1 Å². The quantitative estimate of drug-likeness (QED) is 0.762. The maximum Gasteiger partial charge on any atom is 0.0573 e. The normalized spacial score (nSPS) is 25.3. The Morgan fingerprint density at radius 3 is 2.88 bits per heavy atom. The third kappa shape index (κ3) is 2.91. The van der Waals surface area contributed by atoms with Crippen molar-refractivity contribution in [2.24, 2.45) is 11.8 Å². The van der Waals surface area contributed by atoms with E-state index in [2.05, 4.69) is 18.3 Å². The van der Waals surface area contributed by atoms with E-state index in [0.29, 0.717) is 0 Å². The van der Waals surface area contributed by atoms with Crippen molar-refractivity contribution >= 4 is 11.4 Å². The molecule has 1 saturated carbocycles. The highest BCUT2D eigenvalue weighted by Gasteiger charge is 2.18. The average molecular weight is 218 g/mol. The Morgan fingerprint density at radius 1 is 1.31 bits per heavy atom. The lowest BCUT2D eigenvalue weighted by atomic mass is 9.82. The fraction of sp³-hybridized carbons (Fsp3) is 0.571. The summed E-state index contributed by atoms with van der Waals surface area (Å²) in [7, 11) is 0. The zero-order valence-electron chi connectivity index (χ0n) is 10.1. The van der Waals surface area contributed by atoms with Crippen LogP contribution >= 0.6 is 0 Å². The molecule has 0 bridgehead atoms. The third-order valence-corrected chi connectivity index (χ3v) is 3.59. The predicted octanol–water partition coefficient (Wildman–Crippen LogP) is 3.51. The summed E-state index contributed by atoms with van der Waals surface area (Å²) in [6.07, 6.45) is 5.52. The van der Waals surface area contributed by atoms with Crippen molar-refractivity contribution in [3.8, 4) is 0 Å². The maximum absolute atomic E-state index is 5.90. The molecule has 0 aromatic heterocycles. The van der Waals surface area contributed by atoms with E-state index in [9.17, 15) is 0 Å². The van der Waals surface area contributed by atoms with Crippen LogP contribution in [0.2, 0.25) is 0 Å². The third-order valence-electron chi connectivity index (χ3n) is 3.59. The zero-order valence-corrected chi connectivity index (χ0v) is 10.1. The van der Waals surface area contributed by atoms with Crippen molar-refractivity contribution in [2.75, 3.05) is 17.6 Å². The van der Waals surface area contributed by atoms with E-state index in [4.69, 9.17) is 5.73 Å². The molecule has 88 valence electrons. The molecule has 2 nitrogen and oxygen atoms in total. The van der Waals surface area contributed by atoms with Crippen LogP contribution in [-0.2, 0) is 0 Å². The van der Waals surface area contributed by atoms with Crippen molar-refractivity contribution < 1.29 is 0 Å². The van der Waals surface area contributed by atoms with Crippen LogP contribution in [0.25, 0.3) is 0 Å². The summed E-state index contributed by atoms with van der Waals surface area (Å²) in [5.74, 6) is 1.72. The van der Waals surface area contributed by atoms with Crippen molar-refractivity contribution in [1.29, 1.82) is 0 Å². The molecule has 1 aliphatic carbocycles. The highest BCUT2D eigenvalue weighted by molar-refractivity contribution is 5.65. The van der Waals surface area contributed by atoms with Crippen molar-refractivity contribution in [1.82, 2.24) is 0 Å². The van der Waals surface area contributed by atoms with Crippen LogP contribution in [0.1, 0.15) is 32.6 Å². The van der Waals surface area contributed by atoms with E-state index in [0.717, 1.165) is 29.8 Å². The molecule has 2 atom stereocenters. The van der Waals surface area contributed by atoms with Gasteiger partial charge >= 0.3 is 0 Å². The number of nitrogen functional groups attached to an aromatic ring is 1. The summed E-state index contributed by atoms with van der Waals surface area (Å²) in [6, 6.07) is 8.01. The number of rotatable bonds is 3. The fourth-order valence-corrected chi connectivity index (χ4v) is 2.66. The van der Waals surface area contributed by atoms with E-state index < -0.39 is 0 Å². The van der Waals surface area contributed by atoms with E-state index in [1.54, 1.807) is 0 Å². The van der Waals surface area contributed by atoms with Crippen LogP contribution in [0, 0.1) is 11.8 Å². The summed E-state index contributed by atoms with van der Waals surface area (Å²) >= 11 is 0. The van der Waals surface area contributed by atoms with E-state index in [1.807, 2.05) is 18.2 Å². The van der Waals surface area contributed by atoms with Gasteiger partial charge in [-0.15, -0.1) is 0 Å². The Morgan fingerprint density at radius 2 is 2.12 bits per heavy atom. The average Bonchev–Trinajstić information content (AvgIpc) is 2.28. The van der Waals surface area contributed by atoms with E-state index >= 15 is 0 Å². The second-order valence-corrected chi connectivity index (χ2v) is 5.11. The second kappa shape index (κ2) is 5.24. The molecule has 2 heteroatoms. The highest BCUT2D eigenvalue weighted by Crippen LogP contribution is 2.29. The lowest BCUT2D eigenvalue weighted by Crippen LogP contribution is -2.21. The van der Waals surface area contributed by atoms with Gasteiger partial charge in [0, 0.05) is 6.54 Å². The van der Waals surface area contributed by atoms with Gasteiger partial charge in [-0.3, -0.25) is 0 Å². The van der Waals surface area contributed by atoms with Gasteiger partial charge in [-0.2, -0.15) is 0 Å². The fourth-order valence-electron chi connectivity index (χ4n) is 2.66. The molecule has 0 heterocycles. The van der Waals surface area contributed by atoms with Crippen LogP contribution < -0.4 is 11.1 Å². The molecular weight excluding hydrogens is 196 g/mol. The van der Waals surface area contributed by atoms with Crippen LogP contribution in [0.5, 0.6) is 0 Å². The number of anilines is 2. The van der Waals surface area contributed by atoms with Crippen LogP contribution in [0.4, 0.5) is 11.4 Å². The van der Waals surface area contributed by atoms with Crippen LogP contribution in [-0.4, -0.2) is 6.54 Å². The minimum absolute atomic E-state index is 0.823. The van der Waals surface area contributed by atoms with Gasteiger partial charge in [-0.25, -0.2) is 0 Å². The first-order chi connectivity index (χ1) is 7.75. The number of nitrogens with two attached hydrogens (primary N) is 1. The Labute approximate surface area is 98.2 Å². The Hall–Kier alpha value is -1.18. The van der Waals surface area contributed by atoms with Crippen molar-refractivity contribution in [3.05, 3.63) is 24.3 Å². The minimum atomic E-state index is 0.823. The summed E-state index contributed by atoms with van der Waals surface area (Å²) in [6.45, 7) is 3.43. The first-order valence-corrected chi connectivity index (χ1v) is 6.34. The second-order valence-electron chi connectivity index (χ2n) is 5.11. The SMILES string of the molecule is C[C@@H]1CCC[C@H](CNc2ccccc2N)C1. The minimum Gasteiger partial charge on any atom is -0.397 e. The van der Waals surface area contributed by atoms with Gasteiger partial charge in [-0.05, 0) is 36.8 Å². The number of hydrogen-bond donors (Lipinski definition) is 2. The molecular formula is C14H22N2. The first kappa shape index (κ1) is 11.3. The lowest BCUT2D eigenvalue weighted by molar-refractivity contribution is 0.293. The van der Waals surface area contributed by atoms with Gasteiger partial charge in [0.1, 0.15) is 0 Å². The molecule has 0 aliphatic heterocycles. The largest absolute Gasteiger partial charge is 0.397 e. The number of benzene rings is 1. The van der Waals surface area contributed by atoms with Crippen molar-refractivity contribution in [3.63, 3.8) is 0 Å². The topological polar surface area (TPSA) is 38.0 Å². The van der Waals surface area contributed by atoms with E-state index in [1.165, 1.54) is 25.7 Å². The molecule has 0 spiro atoms. The molecule has 0 saturated heterocycles. The molecule has 1 aromatic rings. The standard InChI is InChI=1S/C14H22N2/c1-11-5-4-6-12(9-11)10-16-14-8-3-2-7-13(14)15/h2-3,7-8,11-12,16H,4-6,9-10,15H2,1H3/t11-,12+/m1/s1. The Kier molecular flexibility index (Phi) is 3.70. The van der Waals surface area contributed by atoms with Gasteiger partial charge in [0.15, 0.2) is 0 Å². The predicted molar refractivity (Wildman–Crippen MR) is 70.5 cm³/mol. The number of nitrogens with one attached hydrogen (secondary N) is 1. The van der Waals surface area contributed by atoms with Gasteiger partial charge in [0.05, 0.1) is 11.4 Å². The summed E-state index contributed by atoms with van der Waals surface area (Å²) in [5, 5.41) is 3.48. The molecule has 0 radical (unpaired) electrons. The Balaban J connectivity index is 1.85. The lowest BCUT2D eigenvalue weighted by Gasteiger charge is -2.27. The monoisotopic (exact) mass is 218 g/mol. The smallest absolute Gasteiger partial charge is 0.0573 e. The molecule has 1 fully saturated rings. The maximum atomic E-state index is 5.90. The van der Waals surface area contributed by atoms with Crippen molar-refractivity contribution in [2.45, 2.75) is 32.6 Å². The summed E-state index contributed by atoms with van der Waals surface area (Å²) < 4.78 is 0. The number of para-hydroxylation sites is 2. The zero-order chi connectivity index (χ0) is 11.4. The molecule has 3 N–H and O–H groups in total. The van der Waals surface area contributed by atoms with Gasteiger partial charge in [0.25, 0.3) is 0 Å². The molecule has 0 amide bonds. The summed E-state index contributed by atoms with van der Waals surface area (Å²) in [4.78, 5) is 0. The van der Waals surface area contributed by atoms with E-state index in [-0.39, 0.29) is 0 Å². The molecule has 1 aromatic carbocycles. The highest BCUT2D eigenvalue weighted by atomic mass is 14.9. The summed E-state index contributed by atoms with van der Waals surface area (Å²) in [5.41, 5.74) is 7.84. The van der Waals surface area contributed by atoms with Gasteiger partial charge in [-0.1, -0.05) is 31.9 Å². The molecule has 2 rings (SSSR count). The van der Waals surface area contributed by atoms with Crippen LogP contribution in [0.15, 0.2) is 24.3 Å². The molecule has 0 unspecified atom stereocenters. The first-order valence-electron chi connectivity index (χ1n) is 6.34. The molecule has 1 aliphatic rings. The molecule has 16 heavy (non-hydrogen) atoms. The Bertz CT molecular complexity index is 335. The van der Waals surface area contributed by atoms with Gasteiger partial charge in [0.2, 0.25) is 0 Å².